The summed E-state index contributed by atoms with van der Waals surface area (Å²) in [6.45, 7) is 2.13. The molecule has 1 aromatic heterocycles. The van der Waals surface area contributed by atoms with Crippen molar-refractivity contribution in [1.29, 1.82) is 0 Å². The maximum atomic E-state index is 12.7. The number of fused-ring (bicyclic) bond motifs is 1. The second-order valence-electron chi connectivity index (χ2n) is 6.63. The molecule has 2 amide bonds. The van der Waals surface area contributed by atoms with Gasteiger partial charge in [0, 0.05) is 17.5 Å². The first-order valence-electron chi connectivity index (χ1n) is 8.52. The molecule has 0 bridgehead atoms. The lowest BCUT2D eigenvalue weighted by atomic mass is 9.88. The predicted octanol–water partition coefficient (Wildman–Crippen LogP) is 2.13. The second kappa shape index (κ2) is 7.32. The van der Waals surface area contributed by atoms with Gasteiger partial charge in [0.25, 0.3) is 21.8 Å². The molecule has 0 radical (unpaired) electrons. The van der Waals surface area contributed by atoms with Gasteiger partial charge in [0.15, 0.2) is 0 Å². The number of carbonyl (C=O) groups excluding carboxylic acids is 2. The van der Waals surface area contributed by atoms with E-state index in [4.69, 9.17) is 5.73 Å². The average molecular weight is 408 g/mol. The van der Waals surface area contributed by atoms with Gasteiger partial charge in [0.2, 0.25) is 0 Å². The number of amides is 2. The first-order valence-corrected chi connectivity index (χ1v) is 10.8. The van der Waals surface area contributed by atoms with Crippen LogP contribution in [0.15, 0.2) is 29.2 Å². The Bertz CT molecular complexity index is 994. The number of nitrogens with one attached hydrogen (secondary N) is 2. The molecule has 0 aliphatic heterocycles. The molecule has 0 saturated carbocycles. The summed E-state index contributed by atoms with van der Waals surface area (Å²) in [4.78, 5) is 24.6. The Hall–Kier alpha value is -2.39. The minimum atomic E-state index is -3.91. The van der Waals surface area contributed by atoms with Gasteiger partial charge < -0.3 is 11.1 Å². The van der Waals surface area contributed by atoms with Gasteiger partial charge in [-0.1, -0.05) is 6.92 Å². The molecule has 4 N–H and O–H groups in total. The van der Waals surface area contributed by atoms with Crippen LogP contribution in [0.3, 0.4) is 0 Å². The summed E-state index contributed by atoms with van der Waals surface area (Å²) in [5.74, 6) is -0.448. The maximum Gasteiger partial charge on any atom is 0.262 e. The second-order valence-corrected chi connectivity index (χ2v) is 9.42. The average Bonchev–Trinajstić information content (AvgIpc) is 2.97. The van der Waals surface area contributed by atoms with Crippen molar-refractivity contribution in [3.05, 3.63) is 45.8 Å². The fourth-order valence-electron chi connectivity index (χ4n) is 3.19. The third-order valence-corrected chi connectivity index (χ3v) is 7.30. The summed E-state index contributed by atoms with van der Waals surface area (Å²) in [6, 6.07) is 5.58. The van der Waals surface area contributed by atoms with E-state index in [2.05, 4.69) is 17.0 Å². The van der Waals surface area contributed by atoms with Crippen LogP contribution in [0.5, 0.6) is 0 Å². The van der Waals surface area contributed by atoms with Gasteiger partial charge in [-0.05, 0) is 55.0 Å². The first kappa shape index (κ1) is 19.4. The Labute approximate surface area is 162 Å². The fourth-order valence-corrected chi connectivity index (χ4v) is 5.92. The third kappa shape index (κ3) is 3.84. The van der Waals surface area contributed by atoms with Crippen LogP contribution in [0, 0.1) is 5.92 Å². The maximum absolute atomic E-state index is 12.7. The van der Waals surface area contributed by atoms with E-state index in [-0.39, 0.29) is 21.4 Å². The highest BCUT2D eigenvalue weighted by atomic mass is 32.2. The number of benzene rings is 1. The van der Waals surface area contributed by atoms with Crippen LogP contribution in [0.25, 0.3) is 0 Å². The summed E-state index contributed by atoms with van der Waals surface area (Å²) in [7, 11) is -2.41. The van der Waals surface area contributed by atoms with E-state index in [1.165, 1.54) is 42.6 Å². The van der Waals surface area contributed by atoms with Gasteiger partial charge >= 0.3 is 0 Å². The van der Waals surface area contributed by atoms with E-state index in [9.17, 15) is 18.0 Å². The van der Waals surface area contributed by atoms with Gasteiger partial charge in [0.05, 0.1) is 10.5 Å². The smallest absolute Gasteiger partial charge is 0.262 e. The van der Waals surface area contributed by atoms with Crippen molar-refractivity contribution in [2.24, 2.45) is 11.7 Å². The SMILES string of the molecule is CNC(=O)c1ccc(S(=O)(=O)Nc2sc3c(c2C(N)=O)CCC(C)C3)cc1. The molecule has 0 saturated heterocycles. The van der Waals surface area contributed by atoms with Crippen molar-refractivity contribution in [2.75, 3.05) is 11.8 Å². The highest BCUT2D eigenvalue weighted by Crippen LogP contribution is 2.40. The lowest BCUT2D eigenvalue weighted by Gasteiger charge is -2.18. The van der Waals surface area contributed by atoms with Gasteiger partial charge in [-0.15, -0.1) is 11.3 Å². The zero-order chi connectivity index (χ0) is 19.8. The van der Waals surface area contributed by atoms with Crippen molar-refractivity contribution in [1.82, 2.24) is 5.32 Å². The number of rotatable bonds is 5. The quantitative estimate of drug-likeness (QED) is 0.703. The highest BCUT2D eigenvalue weighted by molar-refractivity contribution is 7.93. The van der Waals surface area contributed by atoms with Crippen LogP contribution in [-0.4, -0.2) is 27.3 Å². The van der Waals surface area contributed by atoms with E-state index in [1.54, 1.807) is 0 Å². The molecule has 0 spiro atoms. The van der Waals surface area contributed by atoms with Crippen molar-refractivity contribution >= 4 is 38.2 Å². The number of carbonyl (C=O) groups is 2. The molecule has 9 heteroatoms. The molecule has 0 fully saturated rings. The first-order chi connectivity index (χ1) is 12.7. The zero-order valence-electron chi connectivity index (χ0n) is 15.0. The van der Waals surface area contributed by atoms with Crippen molar-refractivity contribution < 1.29 is 18.0 Å². The molecule has 1 aliphatic carbocycles. The van der Waals surface area contributed by atoms with E-state index in [0.29, 0.717) is 17.9 Å². The van der Waals surface area contributed by atoms with Crippen molar-refractivity contribution in [2.45, 2.75) is 31.1 Å². The normalized spacial score (nSPS) is 16.4. The molecule has 144 valence electrons. The van der Waals surface area contributed by atoms with E-state index in [0.717, 1.165) is 23.3 Å². The van der Waals surface area contributed by atoms with Crippen LogP contribution in [0.4, 0.5) is 5.00 Å². The van der Waals surface area contributed by atoms with Crippen LogP contribution in [0.2, 0.25) is 0 Å². The molecule has 1 heterocycles. The Morgan fingerprint density at radius 3 is 2.48 bits per heavy atom. The summed E-state index contributed by atoms with van der Waals surface area (Å²) in [6.07, 6.45) is 2.47. The van der Waals surface area contributed by atoms with Gasteiger partial charge in [-0.25, -0.2) is 8.42 Å². The highest BCUT2D eigenvalue weighted by Gasteiger charge is 2.28. The minimum absolute atomic E-state index is 0.00492. The minimum Gasteiger partial charge on any atom is -0.365 e. The number of sulfonamides is 1. The van der Waals surface area contributed by atoms with Crippen molar-refractivity contribution in [3.63, 3.8) is 0 Å². The number of primary amides is 1. The molecule has 1 atom stereocenters. The molecule has 3 rings (SSSR count). The Morgan fingerprint density at radius 2 is 1.89 bits per heavy atom. The Morgan fingerprint density at radius 1 is 1.22 bits per heavy atom. The number of hydrogen-bond donors (Lipinski definition) is 3. The van der Waals surface area contributed by atoms with Gasteiger partial charge in [-0.2, -0.15) is 0 Å². The Kier molecular flexibility index (Phi) is 5.25. The van der Waals surface area contributed by atoms with E-state index < -0.39 is 15.9 Å². The predicted molar refractivity (Wildman–Crippen MR) is 105 cm³/mol. The van der Waals surface area contributed by atoms with Crippen LogP contribution < -0.4 is 15.8 Å². The van der Waals surface area contributed by atoms with Crippen molar-refractivity contribution in [3.8, 4) is 0 Å². The summed E-state index contributed by atoms with van der Waals surface area (Å²) < 4.78 is 28.0. The zero-order valence-corrected chi connectivity index (χ0v) is 16.7. The molecule has 7 nitrogen and oxygen atoms in total. The molecule has 27 heavy (non-hydrogen) atoms. The molecule has 1 unspecified atom stereocenters. The van der Waals surface area contributed by atoms with Crippen LogP contribution in [0.1, 0.15) is 44.5 Å². The molecule has 2 aromatic rings. The fraction of sp³-hybridized carbons (Fsp3) is 0.333. The van der Waals surface area contributed by atoms with Gasteiger partial charge in [0.1, 0.15) is 5.00 Å². The molecule has 1 aromatic carbocycles. The number of thiophene rings is 1. The number of hydrogen-bond acceptors (Lipinski definition) is 5. The lowest BCUT2D eigenvalue weighted by Crippen LogP contribution is -2.20. The lowest BCUT2D eigenvalue weighted by molar-refractivity contribution is 0.0961. The third-order valence-electron chi connectivity index (χ3n) is 4.64. The topological polar surface area (TPSA) is 118 Å². The van der Waals surface area contributed by atoms with Crippen LogP contribution >= 0.6 is 11.3 Å². The van der Waals surface area contributed by atoms with E-state index in [1.807, 2.05) is 0 Å². The Balaban J connectivity index is 1.94. The molecular formula is C18H21N3O4S2. The van der Waals surface area contributed by atoms with Gasteiger partial charge in [-0.3, -0.25) is 14.3 Å². The monoisotopic (exact) mass is 407 g/mol. The molecule has 1 aliphatic rings. The number of nitrogens with two attached hydrogens (primary N) is 1. The van der Waals surface area contributed by atoms with E-state index >= 15 is 0 Å². The number of anilines is 1. The molecular weight excluding hydrogens is 386 g/mol. The largest absolute Gasteiger partial charge is 0.365 e. The summed E-state index contributed by atoms with van der Waals surface area (Å²) >= 11 is 1.27. The summed E-state index contributed by atoms with van der Waals surface area (Å²) in [5.41, 5.74) is 7.02. The van der Waals surface area contributed by atoms with Crippen LogP contribution in [-0.2, 0) is 22.9 Å². The summed E-state index contributed by atoms with van der Waals surface area (Å²) in [5, 5.41) is 2.74. The standard InChI is InChI=1S/C18H21N3O4S2/c1-10-3-8-13-14(9-10)26-18(15(13)16(19)22)21-27(24,25)12-6-4-11(5-7-12)17(23)20-2/h4-7,10,21H,3,8-9H2,1-2H3,(H2,19,22)(H,20,23).